The number of nitrogens with one attached hydrogen (secondary N) is 1. The molecule has 0 saturated heterocycles. The maximum Gasteiger partial charge on any atom is 0.313 e. The van der Waals surface area contributed by atoms with Gasteiger partial charge in [-0.05, 0) is 6.42 Å². The number of rotatable bonds is 4. The van der Waals surface area contributed by atoms with E-state index in [1.807, 2.05) is 6.92 Å². The van der Waals surface area contributed by atoms with Crippen LogP contribution < -0.4 is 4.74 Å². The Kier molecular flexibility index (Phi) is 2.67. The van der Waals surface area contributed by atoms with Crippen LogP contribution >= 0.6 is 0 Å². The highest BCUT2D eigenvalue weighted by Crippen LogP contribution is 2.27. The quantitative estimate of drug-likeness (QED) is 0.627. The molecule has 0 saturated carbocycles. The first-order chi connectivity index (χ1) is 7.74. The summed E-state index contributed by atoms with van der Waals surface area (Å²) in [7, 11) is 0. The molecule has 2 aromatic rings. The SMILES string of the molecule is CCCOc1ncnc2c([N+](=O)[O-])c[nH]c12. The monoisotopic (exact) mass is 222 g/mol. The van der Waals surface area contributed by atoms with Gasteiger partial charge in [0.1, 0.15) is 11.8 Å². The molecule has 16 heavy (non-hydrogen) atoms. The molecule has 2 aromatic heterocycles. The Bertz CT molecular complexity index is 522. The Morgan fingerprint density at radius 1 is 1.56 bits per heavy atom. The molecule has 2 rings (SSSR count). The van der Waals surface area contributed by atoms with Gasteiger partial charge in [0.25, 0.3) is 0 Å². The Labute approximate surface area is 90.6 Å². The second kappa shape index (κ2) is 4.13. The van der Waals surface area contributed by atoms with E-state index in [-0.39, 0.29) is 11.2 Å². The van der Waals surface area contributed by atoms with Gasteiger partial charge in [-0.15, -0.1) is 0 Å². The molecule has 7 heteroatoms. The first-order valence-electron chi connectivity index (χ1n) is 4.83. The normalized spacial score (nSPS) is 10.6. The number of nitrogens with zero attached hydrogens (tertiary/aromatic N) is 3. The Hall–Kier alpha value is -2.18. The van der Waals surface area contributed by atoms with E-state index in [9.17, 15) is 10.1 Å². The summed E-state index contributed by atoms with van der Waals surface area (Å²) in [6, 6.07) is 0. The number of nitro groups is 1. The Morgan fingerprint density at radius 2 is 2.38 bits per heavy atom. The van der Waals surface area contributed by atoms with Crippen LogP contribution in [0.5, 0.6) is 5.88 Å². The summed E-state index contributed by atoms with van der Waals surface area (Å²) in [5.41, 5.74) is 0.660. The van der Waals surface area contributed by atoms with Gasteiger partial charge in [-0.3, -0.25) is 10.1 Å². The van der Waals surface area contributed by atoms with Crippen molar-refractivity contribution in [3.63, 3.8) is 0 Å². The lowest BCUT2D eigenvalue weighted by molar-refractivity contribution is -0.383. The third-order valence-corrected chi connectivity index (χ3v) is 2.05. The molecule has 84 valence electrons. The largest absolute Gasteiger partial charge is 0.476 e. The van der Waals surface area contributed by atoms with E-state index in [1.54, 1.807) is 0 Å². The van der Waals surface area contributed by atoms with Crippen LogP contribution in [0.3, 0.4) is 0 Å². The van der Waals surface area contributed by atoms with E-state index >= 15 is 0 Å². The van der Waals surface area contributed by atoms with Gasteiger partial charge >= 0.3 is 5.69 Å². The molecule has 0 aliphatic heterocycles. The molecular formula is C9H10N4O3. The third kappa shape index (κ3) is 1.67. The number of hydrogen-bond donors (Lipinski definition) is 1. The molecule has 2 heterocycles. The van der Waals surface area contributed by atoms with E-state index in [2.05, 4.69) is 15.0 Å². The number of hydrogen-bond acceptors (Lipinski definition) is 5. The lowest BCUT2D eigenvalue weighted by Gasteiger charge is -2.02. The Morgan fingerprint density at radius 3 is 3.06 bits per heavy atom. The van der Waals surface area contributed by atoms with Crippen molar-refractivity contribution in [2.75, 3.05) is 6.61 Å². The average molecular weight is 222 g/mol. The first-order valence-corrected chi connectivity index (χ1v) is 4.83. The van der Waals surface area contributed by atoms with Crippen molar-refractivity contribution in [1.82, 2.24) is 15.0 Å². The minimum absolute atomic E-state index is 0.0706. The summed E-state index contributed by atoms with van der Waals surface area (Å²) < 4.78 is 5.36. The second-order valence-electron chi connectivity index (χ2n) is 3.18. The molecule has 0 amide bonds. The molecule has 0 aromatic carbocycles. The van der Waals surface area contributed by atoms with Crippen LogP contribution in [0.25, 0.3) is 11.0 Å². The van der Waals surface area contributed by atoms with Crippen molar-refractivity contribution < 1.29 is 9.66 Å². The van der Waals surface area contributed by atoms with Crippen molar-refractivity contribution >= 4 is 16.7 Å². The van der Waals surface area contributed by atoms with Crippen LogP contribution in [0.15, 0.2) is 12.5 Å². The maximum atomic E-state index is 10.7. The number of ether oxygens (including phenoxy) is 1. The fourth-order valence-corrected chi connectivity index (χ4v) is 1.35. The zero-order valence-electron chi connectivity index (χ0n) is 8.64. The van der Waals surface area contributed by atoms with Gasteiger partial charge in [0.2, 0.25) is 5.88 Å². The number of aromatic nitrogens is 3. The van der Waals surface area contributed by atoms with Gasteiger partial charge in [-0.25, -0.2) is 4.98 Å². The molecule has 0 aliphatic carbocycles. The summed E-state index contributed by atoms with van der Waals surface area (Å²) >= 11 is 0. The molecular weight excluding hydrogens is 212 g/mol. The van der Waals surface area contributed by atoms with Gasteiger partial charge in [-0.1, -0.05) is 6.92 Å². The summed E-state index contributed by atoms with van der Waals surface area (Å²) in [6.07, 6.45) is 3.39. The van der Waals surface area contributed by atoms with Gasteiger partial charge in [-0.2, -0.15) is 4.98 Å². The van der Waals surface area contributed by atoms with Crippen molar-refractivity contribution in [3.05, 3.63) is 22.6 Å². The molecule has 0 fully saturated rings. The molecule has 0 bridgehead atoms. The van der Waals surface area contributed by atoms with Crippen molar-refractivity contribution in [3.8, 4) is 5.88 Å². The maximum absolute atomic E-state index is 10.7. The van der Waals surface area contributed by atoms with E-state index < -0.39 is 4.92 Å². The predicted octanol–water partition coefficient (Wildman–Crippen LogP) is 1.65. The van der Waals surface area contributed by atoms with Crippen LogP contribution in [0, 0.1) is 10.1 Å². The lowest BCUT2D eigenvalue weighted by atomic mass is 10.4. The van der Waals surface area contributed by atoms with Gasteiger partial charge in [0, 0.05) is 0 Å². The van der Waals surface area contributed by atoms with E-state index in [0.29, 0.717) is 18.0 Å². The minimum Gasteiger partial charge on any atom is -0.476 e. The highest BCUT2D eigenvalue weighted by molar-refractivity contribution is 5.88. The molecule has 1 N–H and O–H groups in total. The van der Waals surface area contributed by atoms with Crippen LogP contribution in [0.1, 0.15) is 13.3 Å². The van der Waals surface area contributed by atoms with E-state index in [0.717, 1.165) is 6.42 Å². The van der Waals surface area contributed by atoms with Crippen LogP contribution in [0.4, 0.5) is 5.69 Å². The van der Waals surface area contributed by atoms with Crippen LogP contribution in [0.2, 0.25) is 0 Å². The van der Waals surface area contributed by atoms with Gasteiger partial charge < -0.3 is 9.72 Å². The smallest absolute Gasteiger partial charge is 0.313 e. The fraction of sp³-hybridized carbons (Fsp3) is 0.333. The topological polar surface area (TPSA) is 93.9 Å². The van der Waals surface area contributed by atoms with Crippen LogP contribution in [-0.2, 0) is 0 Å². The summed E-state index contributed by atoms with van der Waals surface area (Å²) in [5.74, 6) is 0.347. The second-order valence-corrected chi connectivity index (χ2v) is 3.18. The summed E-state index contributed by atoms with van der Waals surface area (Å²) in [4.78, 5) is 20.7. The third-order valence-electron chi connectivity index (χ3n) is 2.05. The van der Waals surface area contributed by atoms with Crippen molar-refractivity contribution in [2.24, 2.45) is 0 Å². The van der Waals surface area contributed by atoms with Crippen molar-refractivity contribution in [1.29, 1.82) is 0 Å². The summed E-state index contributed by atoms with van der Waals surface area (Å²) in [6.45, 7) is 2.48. The average Bonchev–Trinajstić information content (AvgIpc) is 2.70. The van der Waals surface area contributed by atoms with E-state index in [1.165, 1.54) is 12.5 Å². The van der Waals surface area contributed by atoms with Gasteiger partial charge in [0.05, 0.1) is 17.7 Å². The molecule has 0 spiro atoms. The van der Waals surface area contributed by atoms with Crippen molar-refractivity contribution in [2.45, 2.75) is 13.3 Å². The molecule has 7 nitrogen and oxygen atoms in total. The predicted molar refractivity (Wildman–Crippen MR) is 56.3 cm³/mol. The fourth-order valence-electron chi connectivity index (χ4n) is 1.35. The number of aromatic amines is 1. The van der Waals surface area contributed by atoms with Crippen LogP contribution in [-0.4, -0.2) is 26.5 Å². The number of H-pyrrole nitrogens is 1. The number of fused-ring (bicyclic) bond motifs is 1. The standard InChI is InChI=1S/C9H10N4O3/c1-2-3-16-9-8-7(11-5-12-9)6(4-10-8)13(14)15/h4-5,10H,2-3H2,1H3. The molecule has 0 unspecified atom stereocenters. The Balaban J connectivity index is 2.49. The highest BCUT2D eigenvalue weighted by Gasteiger charge is 2.18. The van der Waals surface area contributed by atoms with Gasteiger partial charge in [0.15, 0.2) is 5.52 Å². The summed E-state index contributed by atoms with van der Waals surface area (Å²) in [5, 5.41) is 10.7. The zero-order chi connectivity index (χ0) is 11.5. The van der Waals surface area contributed by atoms with E-state index in [4.69, 9.17) is 4.74 Å². The molecule has 0 aliphatic rings. The first kappa shape index (κ1) is 10.3. The molecule has 0 atom stereocenters. The lowest BCUT2D eigenvalue weighted by Crippen LogP contribution is -1.98. The minimum atomic E-state index is -0.491. The molecule has 0 radical (unpaired) electrons. The zero-order valence-corrected chi connectivity index (χ0v) is 8.64. The highest BCUT2D eigenvalue weighted by atomic mass is 16.6.